The van der Waals surface area contributed by atoms with Crippen molar-refractivity contribution < 1.29 is 0 Å². The second-order valence-electron chi connectivity index (χ2n) is 2.85. The number of hydrogen-bond acceptors (Lipinski definition) is 6. The lowest BCUT2D eigenvalue weighted by Gasteiger charge is -2.02. The summed E-state index contributed by atoms with van der Waals surface area (Å²) in [6, 6.07) is 1.42. The van der Waals surface area contributed by atoms with E-state index in [1.54, 1.807) is 7.05 Å². The molecule has 2 aromatic rings. The van der Waals surface area contributed by atoms with Crippen molar-refractivity contribution in [2.24, 2.45) is 0 Å². The lowest BCUT2D eigenvalue weighted by Crippen LogP contribution is -2.19. The number of rotatable bonds is 3. The molecule has 0 unspecified atom stereocenters. The second-order valence-corrected chi connectivity index (χ2v) is 3.60. The minimum atomic E-state index is -0.0972. The Morgan fingerprint density at radius 2 is 2.47 bits per heavy atom. The van der Waals surface area contributed by atoms with Gasteiger partial charge in [0.15, 0.2) is 0 Å². The molecule has 0 aliphatic rings. The van der Waals surface area contributed by atoms with Crippen LogP contribution < -0.4 is 10.9 Å². The number of aromatic nitrogens is 4. The Balaban J connectivity index is 2.30. The molecule has 0 atom stereocenters. The van der Waals surface area contributed by atoms with E-state index in [0.29, 0.717) is 6.54 Å². The molecule has 2 rings (SSSR count). The fourth-order valence-corrected chi connectivity index (χ4v) is 1.68. The minimum Gasteiger partial charge on any atom is -0.377 e. The SMILES string of the molecule is CNc1snnc1Cn1cnccc1=O. The fraction of sp³-hybridized carbons (Fsp3) is 0.250. The van der Waals surface area contributed by atoms with E-state index in [1.807, 2.05) is 0 Å². The van der Waals surface area contributed by atoms with E-state index in [4.69, 9.17) is 0 Å². The molecular weight excluding hydrogens is 214 g/mol. The first-order valence-corrected chi connectivity index (χ1v) is 5.08. The Labute approximate surface area is 89.8 Å². The van der Waals surface area contributed by atoms with E-state index < -0.39 is 0 Å². The van der Waals surface area contributed by atoms with Crippen molar-refractivity contribution in [3.8, 4) is 0 Å². The third kappa shape index (κ3) is 2.01. The molecule has 0 aliphatic heterocycles. The van der Waals surface area contributed by atoms with Crippen molar-refractivity contribution >= 4 is 16.5 Å². The Kier molecular flexibility index (Phi) is 2.72. The van der Waals surface area contributed by atoms with E-state index in [9.17, 15) is 4.79 Å². The van der Waals surface area contributed by atoms with Crippen LogP contribution in [0.2, 0.25) is 0 Å². The summed E-state index contributed by atoms with van der Waals surface area (Å²) in [6.45, 7) is 0.388. The third-order valence-electron chi connectivity index (χ3n) is 1.90. The average molecular weight is 223 g/mol. The molecule has 78 valence electrons. The van der Waals surface area contributed by atoms with Gasteiger partial charge >= 0.3 is 0 Å². The van der Waals surface area contributed by atoms with Crippen molar-refractivity contribution in [1.29, 1.82) is 0 Å². The van der Waals surface area contributed by atoms with Gasteiger partial charge in [-0.05, 0) is 0 Å². The van der Waals surface area contributed by atoms with Crippen LogP contribution in [-0.2, 0) is 6.54 Å². The van der Waals surface area contributed by atoms with Gasteiger partial charge in [-0.25, -0.2) is 4.98 Å². The maximum atomic E-state index is 11.4. The highest BCUT2D eigenvalue weighted by Gasteiger charge is 2.07. The molecule has 0 amide bonds. The zero-order valence-corrected chi connectivity index (χ0v) is 8.86. The number of hydrogen-bond donors (Lipinski definition) is 1. The van der Waals surface area contributed by atoms with Crippen molar-refractivity contribution in [2.45, 2.75) is 6.54 Å². The van der Waals surface area contributed by atoms with Crippen molar-refractivity contribution in [2.75, 3.05) is 12.4 Å². The highest BCUT2D eigenvalue weighted by atomic mass is 32.1. The molecule has 0 saturated carbocycles. The molecule has 7 heteroatoms. The molecule has 2 aromatic heterocycles. The maximum Gasteiger partial charge on any atom is 0.253 e. The van der Waals surface area contributed by atoms with Gasteiger partial charge in [-0.2, -0.15) is 0 Å². The maximum absolute atomic E-state index is 11.4. The largest absolute Gasteiger partial charge is 0.377 e. The normalized spacial score (nSPS) is 10.2. The van der Waals surface area contributed by atoms with Crippen LogP contribution >= 0.6 is 11.5 Å². The van der Waals surface area contributed by atoms with E-state index in [0.717, 1.165) is 10.7 Å². The molecule has 0 saturated heterocycles. The van der Waals surface area contributed by atoms with Gasteiger partial charge in [-0.15, -0.1) is 5.10 Å². The van der Waals surface area contributed by atoms with Gasteiger partial charge in [-0.3, -0.25) is 9.36 Å². The van der Waals surface area contributed by atoms with Gasteiger partial charge in [0.1, 0.15) is 10.7 Å². The highest BCUT2D eigenvalue weighted by molar-refractivity contribution is 7.10. The molecule has 0 bridgehead atoms. The van der Waals surface area contributed by atoms with Crippen LogP contribution in [0, 0.1) is 0 Å². The Bertz CT molecular complexity index is 505. The van der Waals surface area contributed by atoms with Crippen LogP contribution in [0.4, 0.5) is 5.00 Å². The first-order valence-electron chi connectivity index (χ1n) is 4.30. The van der Waals surface area contributed by atoms with E-state index in [2.05, 4.69) is 19.9 Å². The summed E-state index contributed by atoms with van der Waals surface area (Å²) in [6.07, 6.45) is 2.96. The van der Waals surface area contributed by atoms with Gasteiger partial charge in [0.2, 0.25) is 0 Å². The van der Waals surface area contributed by atoms with Crippen molar-refractivity contribution in [3.63, 3.8) is 0 Å². The van der Waals surface area contributed by atoms with Crippen molar-refractivity contribution in [1.82, 2.24) is 19.1 Å². The predicted octanol–water partition coefficient (Wildman–Crippen LogP) is 0.185. The van der Waals surface area contributed by atoms with E-state index >= 15 is 0 Å². The van der Waals surface area contributed by atoms with Crippen LogP contribution in [0.15, 0.2) is 23.4 Å². The van der Waals surface area contributed by atoms with Crippen LogP contribution in [0.25, 0.3) is 0 Å². The molecule has 0 fully saturated rings. The summed E-state index contributed by atoms with van der Waals surface area (Å²) in [5, 5.41) is 7.78. The average Bonchev–Trinajstić information content (AvgIpc) is 2.69. The highest BCUT2D eigenvalue weighted by Crippen LogP contribution is 2.16. The predicted molar refractivity (Wildman–Crippen MR) is 57.1 cm³/mol. The summed E-state index contributed by atoms with van der Waals surface area (Å²) in [5.74, 6) is 0. The Morgan fingerprint density at radius 1 is 1.60 bits per heavy atom. The number of nitrogens with zero attached hydrogens (tertiary/aromatic N) is 4. The van der Waals surface area contributed by atoms with E-state index in [1.165, 1.54) is 34.7 Å². The number of nitrogens with one attached hydrogen (secondary N) is 1. The van der Waals surface area contributed by atoms with Gasteiger partial charge in [-0.1, -0.05) is 4.49 Å². The van der Waals surface area contributed by atoms with Crippen LogP contribution in [0.5, 0.6) is 0 Å². The third-order valence-corrected chi connectivity index (χ3v) is 2.68. The summed E-state index contributed by atoms with van der Waals surface area (Å²) in [7, 11) is 1.80. The van der Waals surface area contributed by atoms with Gasteiger partial charge < -0.3 is 5.32 Å². The molecule has 0 radical (unpaired) electrons. The van der Waals surface area contributed by atoms with Crippen LogP contribution in [0.3, 0.4) is 0 Å². The minimum absolute atomic E-state index is 0.0972. The second kappa shape index (κ2) is 4.18. The smallest absolute Gasteiger partial charge is 0.253 e. The van der Waals surface area contributed by atoms with E-state index in [-0.39, 0.29) is 5.56 Å². The lowest BCUT2D eigenvalue weighted by atomic mass is 10.4. The molecule has 0 aromatic carbocycles. The molecule has 6 nitrogen and oxygen atoms in total. The molecule has 0 aliphatic carbocycles. The molecular formula is C8H9N5OS. The molecule has 2 heterocycles. The summed E-state index contributed by atoms with van der Waals surface area (Å²) in [5.41, 5.74) is 0.651. The zero-order valence-electron chi connectivity index (χ0n) is 8.04. The van der Waals surface area contributed by atoms with Crippen LogP contribution in [-0.4, -0.2) is 26.2 Å². The monoisotopic (exact) mass is 223 g/mol. The molecule has 0 spiro atoms. The van der Waals surface area contributed by atoms with Gasteiger partial charge in [0, 0.05) is 30.8 Å². The zero-order chi connectivity index (χ0) is 10.7. The topological polar surface area (TPSA) is 72.7 Å². The Morgan fingerprint density at radius 3 is 3.20 bits per heavy atom. The molecule has 15 heavy (non-hydrogen) atoms. The summed E-state index contributed by atoms with van der Waals surface area (Å²) >= 11 is 1.27. The fourth-order valence-electron chi connectivity index (χ4n) is 1.16. The van der Waals surface area contributed by atoms with Crippen LogP contribution in [0.1, 0.15) is 5.69 Å². The number of anilines is 1. The van der Waals surface area contributed by atoms with Crippen molar-refractivity contribution in [3.05, 3.63) is 34.6 Å². The lowest BCUT2D eigenvalue weighted by molar-refractivity contribution is 0.716. The first-order chi connectivity index (χ1) is 7.31. The first kappa shape index (κ1) is 9.78. The standard InChI is InChI=1S/C8H9N5OS/c1-9-8-6(11-12-15-8)4-13-5-10-3-2-7(13)14/h2-3,5,9H,4H2,1H3. The summed E-state index contributed by atoms with van der Waals surface area (Å²) in [4.78, 5) is 15.3. The summed E-state index contributed by atoms with van der Waals surface area (Å²) < 4.78 is 5.30. The Hall–Kier alpha value is -1.76. The van der Waals surface area contributed by atoms with Gasteiger partial charge in [0.25, 0.3) is 5.56 Å². The molecule has 1 N–H and O–H groups in total. The quantitative estimate of drug-likeness (QED) is 0.803. The van der Waals surface area contributed by atoms with Gasteiger partial charge in [0.05, 0.1) is 12.9 Å².